The highest BCUT2D eigenvalue weighted by Gasteiger charge is 2.30. The van der Waals surface area contributed by atoms with E-state index in [1.165, 1.54) is 0 Å². The van der Waals surface area contributed by atoms with Crippen molar-refractivity contribution in [2.24, 2.45) is 4.99 Å². The first-order valence-corrected chi connectivity index (χ1v) is 12.2. The van der Waals surface area contributed by atoms with Gasteiger partial charge in [0, 0.05) is 26.2 Å². The molecule has 0 radical (unpaired) electrons. The third-order valence-electron chi connectivity index (χ3n) is 4.62. The molecule has 2 heterocycles. The maximum absolute atomic E-state index is 12.4. The normalized spacial score (nSPS) is 14.0. The largest absolute Gasteiger partial charge is 0.369 e. The maximum atomic E-state index is 12.4. The van der Waals surface area contributed by atoms with Crippen LogP contribution in [-0.4, -0.2) is 80.9 Å². The molecule has 0 aromatic carbocycles. The van der Waals surface area contributed by atoms with E-state index in [0.717, 1.165) is 6.42 Å². The minimum absolute atomic E-state index is 0.198. The van der Waals surface area contributed by atoms with Gasteiger partial charge in [0.25, 0.3) is 14.1 Å². The molecule has 12 heteroatoms. The minimum Gasteiger partial charge on any atom is -0.369 e. The van der Waals surface area contributed by atoms with Crippen LogP contribution in [-0.2, 0) is 15.6 Å². The van der Waals surface area contributed by atoms with Crippen LogP contribution in [0.25, 0.3) is 16.0 Å². The van der Waals surface area contributed by atoms with Crippen molar-refractivity contribution in [1.29, 1.82) is 0 Å². The lowest BCUT2D eigenvalue weighted by Crippen LogP contribution is -2.35. The Morgan fingerprint density at radius 3 is 2.61 bits per heavy atom. The molecule has 0 amide bonds. The van der Waals surface area contributed by atoms with Crippen LogP contribution in [0.4, 0.5) is 5.95 Å². The van der Waals surface area contributed by atoms with Gasteiger partial charge in [0.05, 0.1) is 25.3 Å². The molecule has 1 unspecified atom stereocenters. The molecule has 0 bridgehead atoms. The Kier molecular flexibility index (Phi) is 10.4. The van der Waals surface area contributed by atoms with E-state index in [0.29, 0.717) is 18.8 Å². The molecule has 0 aliphatic carbocycles. The van der Waals surface area contributed by atoms with Gasteiger partial charge in [0.15, 0.2) is 11.2 Å². The van der Waals surface area contributed by atoms with Crippen molar-refractivity contribution in [3.8, 4) is 0 Å². The monoisotopic (exact) mass is 478 g/mol. The van der Waals surface area contributed by atoms with Crippen LogP contribution in [0.5, 0.6) is 0 Å². The molecule has 182 valence electrons. The number of fused-ring (bicyclic) bond motifs is 1. The third kappa shape index (κ3) is 7.57. The van der Waals surface area contributed by atoms with Crippen molar-refractivity contribution in [2.75, 3.05) is 27.2 Å². The predicted molar refractivity (Wildman–Crippen MR) is 132 cm³/mol. The van der Waals surface area contributed by atoms with Gasteiger partial charge in [0.2, 0.25) is 12.5 Å². The predicted octanol–water partition coefficient (Wildman–Crippen LogP) is 3.42. The van der Waals surface area contributed by atoms with Crippen LogP contribution in [0.3, 0.4) is 0 Å². The van der Waals surface area contributed by atoms with E-state index in [1.807, 2.05) is 25.6 Å². The summed E-state index contributed by atoms with van der Waals surface area (Å²) < 4.78 is 16.5. The number of hydrogen-bond acceptors (Lipinski definition) is 7. The lowest BCUT2D eigenvalue weighted by molar-refractivity contribution is 0.120. The van der Waals surface area contributed by atoms with E-state index in [4.69, 9.17) is 15.6 Å². The quantitative estimate of drug-likeness (QED) is 0.155. The van der Waals surface area contributed by atoms with Crippen LogP contribution in [0.15, 0.2) is 16.1 Å². The van der Waals surface area contributed by atoms with E-state index in [2.05, 4.69) is 57.2 Å². The Balaban J connectivity index is 2.30. The summed E-state index contributed by atoms with van der Waals surface area (Å²) in [6.45, 7) is 18.6. The summed E-state index contributed by atoms with van der Waals surface area (Å²) in [7, 11) is 2.30. The van der Waals surface area contributed by atoms with Crippen molar-refractivity contribution in [1.82, 2.24) is 29.1 Å². The molecule has 2 atom stereocenters. The number of imidazole rings is 1. The molecule has 0 fully saturated rings. The van der Waals surface area contributed by atoms with Gasteiger partial charge in [-0.25, -0.2) is 21.2 Å². The topological polar surface area (TPSA) is 105 Å². The Morgan fingerprint density at radius 2 is 2.03 bits per heavy atom. The molecular weight excluding hydrogens is 443 g/mol. The summed E-state index contributed by atoms with van der Waals surface area (Å²) in [5, 5.41) is 0. The highest BCUT2D eigenvalue weighted by molar-refractivity contribution is 7.44. The Bertz CT molecular complexity index is 1000. The molecule has 0 aliphatic heterocycles. The van der Waals surface area contributed by atoms with E-state index in [-0.39, 0.29) is 41.8 Å². The summed E-state index contributed by atoms with van der Waals surface area (Å²) in [6.07, 6.45) is 3.70. The molecule has 0 saturated carbocycles. The summed E-state index contributed by atoms with van der Waals surface area (Å²) in [5.41, 5.74) is 0.374. The van der Waals surface area contributed by atoms with Crippen molar-refractivity contribution >= 4 is 32.0 Å². The van der Waals surface area contributed by atoms with Crippen LogP contribution in [0.1, 0.15) is 41.0 Å². The van der Waals surface area contributed by atoms with Gasteiger partial charge in [-0.1, -0.05) is 6.92 Å². The number of nitrogens with one attached hydrogen (secondary N) is 1. The Labute approximate surface area is 196 Å². The number of rotatable bonds is 13. The van der Waals surface area contributed by atoms with Crippen LogP contribution in [0, 0.1) is 6.57 Å². The van der Waals surface area contributed by atoms with Gasteiger partial charge < -0.3 is 23.4 Å². The van der Waals surface area contributed by atoms with Crippen molar-refractivity contribution in [3.05, 3.63) is 28.1 Å². The van der Waals surface area contributed by atoms with Gasteiger partial charge in [0.1, 0.15) is 6.61 Å². The lowest BCUT2D eigenvalue weighted by Gasteiger charge is -2.37. The second kappa shape index (κ2) is 12.8. The smallest absolute Gasteiger partial charge is 0.280 e. The van der Waals surface area contributed by atoms with Gasteiger partial charge in [-0.2, -0.15) is 4.98 Å². The minimum atomic E-state index is -1.37. The zero-order chi connectivity index (χ0) is 24.5. The number of aliphatic imine (C=N–C) groups is 1. The van der Waals surface area contributed by atoms with Crippen LogP contribution in [0.2, 0.25) is 0 Å². The highest BCUT2D eigenvalue weighted by atomic mass is 31.2. The van der Waals surface area contributed by atoms with Gasteiger partial charge in [-0.05, 0) is 34.1 Å². The van der Waals surface area contributed by atoms with E-state index in [1.54, 1.807) is 17.6 Å². The number of hydrogen-bond donors (Lipinski definition) is 1. The van der Waals surface area contributed by atoms with Crippen molar-refractivity contribution in [2.45, 2.75) is 65.8 Å². The molecule has 2 aromatic heterocycles. The second-order valence-electron chi connectivity index (χ2n) is 8.32. The molecule has 0 aliphatic rings. The van der Waals surface area contributed by atoms with E-state index in [9.17, 15) is 4.79 Å². The molecule has 33 heavy (non-hydrogen) atoms. The first-order chi connectivity index (χ1) is 15.7. The SMILES string of the molecule is [C-]#[N+]CCOP(O[C@H](CC)Cn1cnc2c(=O)[nH]c(N=CN(C)C)nc21)N(C(C)C)C(C)C. The fraction of sp³-hybridized carbons (Fsp3) is 0.667. The molecule has 2 aromatic rings. The van der Waals surface area contributed by atoms with Gasteiger partial charge >= 0.3 is 0 Å². The summed E-state index contributed by atoms with van der Waals surface area (Å²) in [4.78, 5) is 33.2. The first kappa shape index (κ1) is 26.9. The molecule has 1 N–H and O–H groups in total. The molecule has 2 rings (SSSR count). The standard InChI is InChI=1S/C21H35N8O3P/c1-9-17(32-33(31-11-10-22-6)29(15(2)3)16(4)5)12-28-14-23-18-19(28)25-21(26-20(18)30)24-13-27(7)8/h13-17H,9-12H2,1-5,7-8H3,(H,25,26,30)/t17-,33?/m1/s1. The lowest BCUT2D eigenvalue weighted by atomic mass is 10.3. The average Bonchev–Trinajstić information content (AvgIpc) is 3.14. The summed E-state index contributed by atoms with van der Waals surface area (Å²) in [6, 6.07) is 0.431. The molecular formula is C21H35N8O3P. The van der Waals surface area contributed by atoms with Gasteiger partial charge in [-0.3, -0.25) is 9.78 Å². The number of aromatic amines is 1. The fourth-order valence-corrected chi connectivity index (χ4v) is 4.95. The molecule has 11 nitrogen and oxygen atoms in total. The highest BCUT2D eigenvalue weighted by Crippen LogP contribution is 2.47. The van der Waals surface area contributed by atoms with E-state index < -0.39 is 8.53 Å². The Morgan fingerprint density at radius 1 is 1.33 bits per heavy atom. The van der Waals surface area contributed by atoms with Crippen LogP contribution < -0.4 is 5.56 Å². The van der Waals surface area contributed by atoms with Gasteiger partial charge in [-0.15, -0.1) is 0 Å². The number of H-pyrrole nitrogens is 1. The average molecular weight is 479 g/mol. The zero-order valence-electron chi connectivity index (χ0n) is 20.5. The maximum Gasteiger partial charge on any atom is 0.280 e. The number of aromatic nitrogens is 4. The van der Waals surface area contributed by atoms with Crippen molar-refractivity contribution in [3.63, 3.8) is 0 Å². The van der Waals surface area contributed by atoms with E-state index >= 15 is 0 Å². The van der Waals surface area contributed by atoms with Crippen LogP contribution >= 0.6 is 8.53 Å². The summed E-state index contributed by atoms with van der Waals surface area (Å²) in [5.74, 6) is 0.215. The fourth-order valence-electron chi connectivity index (χ4n) is 3.18. The molecule has 0 spiro atoms. The first-order valence-electron chi connectivity index (χ1n) is 11.0. The summed E-state index contributed by atoms with van der Waals surface area (Å²) >= 11 is 0. The number of nitrogens with zero attached hydrogens (tertiary/aromatic N) is 7. The van der Waals surface area contributed by atoms with Crippen molar-refractivity contribution < 1.29 is 9.05 Å². The zero-order valence-corrected chi connectivity index (χ0v) is 21.4. The second-order valence-corrected chi connectivity index (χ2v) is 9.73. The molecule has 0 saturated heterocycles. The Hall–Kier alpha value is -2.38. The third-order valence-corrected chi connectivity index (χ3v) is 6.80.